The topological polar surface area (TPSA) is 112 Å². The maximum absolute atomic E-state index is 13.8. The van der Waals surface area contributed by atoms with E-state index < -0.39 is 35.2 Å². The molecule has 0 radical (unpaired) electrons. The molecular weight excluding hydrogens is 781 g/mol. The van der Waals surface area contributed by atoms with Gasteiger partial charge in [0, 0.05) is 19.3 Å². The number of allylic oxidation sites excluding steroid dienone is 10. The summed E-state index contributed by atoms with van der Waals surface area (Å²) in [5, 5.41) is 34.1. The molecule has 1 atom stereocenters. The maximum Gasteiger partial charge on any atom is 0.219 e. The Morgan fingerprint density at radius 3 is 0.889 bits per heavy atom. The second kappa shape index (κ2) is 44.8. The van der Waals surface area contributed by atoms with Crippen molar-refractivity contribution < 1.29 is 29.7 Å². The van der Waals surface area contributed by atoms with Gasteiger partial charge in [0.2, 0.25) is 5.60 Å². The van der Waals surface area contributed by atoms with E-state index >= 15 is 0 Å². The summed E-state index contributed by atoms with van der Waals surface area (Å²) in [6, 6.07) is 0. The quantitative estimate of drug-likeness (QED) is 0.0319. The van der Waals surface area contributed by atoms with E-state index in [9.17, 15) is 29.7 Å². The highest BCUT2D eigenvalue weighted by Gasteiger charge is 2.62. The SMILES string of the molecule is CCCCC/C=C\C/C=C\CCCCCCCC(=O)C(O)(C(=O)CCCCCCC/C=C\C/C=C\CCCCC)C(O)(CO)C(=O)CCCCCCC/C=C\CCCCCCCC. The summed E-state index contributed by atoms with van der Waals surface area (Å²) in [5.41, 5.74) is -5.80. The lowest BCUT2D eigenvalue weighted by Crippen LogP contribution is -2.69. The van der Waals surface area contributed by atoms with Gasteiger partial charge in [-0.3, -0.25) is 14.4 Å². The van der Waals surface area contributed by atoms with Crippen LogP contribution >= 0.6 is 0 Å². The number of aliphatic hydroxyl groups is 3. The molecule has 0 aromatic rings. The second-order valence-corrected chi connectivity index (χ2v) is 18.3. The second-order valence-electron chi connectivity index (χ2n) is 18.3. The molecule has 6 nitrogen and oxygen atoms in total. The lowest BCUT2D eigenvalue weighted by atomic mass is 9.71. The van der Waals surface area contributed by atoms with Gasteiger partial charge in [-0.15, -0.1) is 0 Å². The van der Waals surface area contributed by atoms with Crippen molar-refractivity contribution >= 4 is 17.3 Å². The first-order valence-corrected chi connectivity index (χ1v) is 26.7. The number of Topliss-reactive ketones (excluding diaryl/α,β-unsaturated/α-hetero) is 3. The van der Waals surface area contributed by atoms with Gasteiger partial charge in [-0.05, 0) is 109 Å². The molecule has 364 valence electrons. The Balaban J connectivity index is 5.04. The van der Waals surface area contributed by atoms with Crippen LogP contribution in [0.2, 0.25) is 0 Å². The summed E-state index contributed by atoms with van der Waals surface area (Å²) in [6.45, 7) is 5.51. The predicted molar refractivity (Wildman–Crippen MR) is 270 cm³/mol. The van der Waals surface area contributed by atoms with E-state index in [1.807, 2.05) is 0 Å². The van der Waals surface area contributed by atoms with Crippen molar-refractivity contribution in [3.63, 3.8) is 0 Å². The molecule has 0 aliphatic rings. The number of unbranched alkanes of at least 4 members (excludes halogenated alkanes) is 27. The van der Waals surface area contributed by atoms with Crippen LogP contribution in [0.25, 0.3) is 0 Å². The summed E-state index contributed by atoms with van der Waals surface area (Å²) in [4.78, 5) is 41.2. The molecule has 0 spiro atoms. The van der Waals surface area contributed by atoms with Crippen molar-refractivity contribution in [2.24, 2.45) is 0 Å². The molecule has 63 heavy (non-hydrogen) atoms. The van der Waals surface area contributed by atoms with Crippen LogP contribution < -0.4 is 0 Å². The third-order valence-electron chi connectivity index (χ3n) is 12.5. The van der Waals surface area contributed by atoms with Gasteiger partial charge < -0.3 is 15.3 Å². The van der Waals surface area contributed by atoms with Gasteiger partial charge in [-0.1, -0.05) is 197 Å². The normalized spacial score (nSPS) is 13.5. The highest BCUT2D eigenvalue weighted by molar-refractivity contribution is 6.16. The van der Waals surface area contributed by atoms with E-state index in [4.69, 9.17) is 0 Å². The van der Waals surface area contributed by atoms with Crippen LogP contribution in [0.4, 0.5) is 0 Å². The van der Waals surface area contributed by atoms with Crippen LogP contribution in [-0.4, -0.2) is 50.5 Å². The van der Waals surface area contributed by atoms with Crippen molar-refractivity contribution in [1.29, 1.82) is 0 Å². The summed E-state index contributed by atoms with van der Waals surface area (Å²) < 4.78 is 0. The number of hydrogen-bond donors (Lipinski definition) is 3. The zero-order valence-corrected chi connectivity index (χ0v) is 41.4. The molecule has 0 amide bonds. The number of carbonyl (C=O) groups excluding carboxylic acids is 3. The van der Waals surface area contributed by atoms with E-state index in [2.05, 4.69) is 81.5 Å². The van der Waals surface area contributed by atoms with Crippen molar-refractivity contribution in [1.82, 2.24) is 0 Å². The molecule has 1 unspecified atom stereocenters. The Labute approximate surface area is 389 Å². The van der Waals surface area contributed by atoms with Crippen LogP contribution in [0.15, 0.2) is 60.8 Å². The first kappa shape index (κ1) is 60.6. The number of aliphatic hydroxyl groups excluding tert-OH is 1. The number of rotatable bonds is 48. The van der Waals surface area contributed by atoms with E-state index in [-0.39, 0.29) is 19.3 Å². The van der Waals surface area contributed by atoms with Gasteiger partial charge in [0.15, 0.2) is 23.0 Å². The lowest BCUT2D eigenvalue weighted by Gasteiger charge is -2.39. The Bertz CT molecular complexity index is 1170. The standard InChI is InChI=1S/C57H100O6/c1-4-7-10-13-16-19-22-25-28-31-34-37-40-43-46-49-53(59)56(62,52-58)57(63,54(60)50-47-44-41-38-35-32-29-26-23-20-17-14-11-8-5-2)55(61)51-48-45-42-39-36-33-30-27-24-21-18-15-12-9-6-3/h17-18,20-21,25-30,58,62-63H,4-16,19,22-24,31-52H2,1-3H3/b20-17-,21-18-,28-25-,29-26-,30-27-. The Kier molecular flexibility index (Phi) is 43.1. The Hall–Kier alpha value is -2.41. The molecule has 0 saturated heterocycles. The fourth-order valence-electron chi connectivity index (χ4n) is 8.14. The minimum absolute atomic E-state index is 0.106. The van der Waals surface area contributed by atoms with Crippen molar-refractivity contribution in [2.45, 2.75) is 276 Å². The van der Waals surface area contributed by atoms with E-state index in [0.29, 0.717) is 19.3 Å². The zero-order chi connectivity index (χ0) is 46.4. The smallest absolute Gasteiger partial charge is 0.219 e. The fourth-order valence-corrected chi connectivity index (χ4v) is 8.14. The molecule has 0 fully saturated rings. The lowest BCUT2D eigenvalue weighted by molar-refractivity contribution is -0.194. The molecule has 0 saturated carbocycles. The molecule has 3 N–H and O–H groups in total. The first-order valence-electron chi connectivity index (χ1n) is 26.7. The molecular formula is C57H100O6. The Morgan fingerprint density at radius 2 is 0.571 bits per heavy atom. The maximum atomic E-state index is 13.8. The third kappa shape index (κ3) is 32.0. The average molecular weight is 881 g/mol. The highest BCUT2D eigenvalue weighted by atomic mass is 16.4. The molecule has 0 rings (SSSR count). The van der Waals surface area contributed by atoms with Crippen LogP contribution in [-0.2, 0) is 14.4 Å². The van der Waals surface area contributed by atoms with Gasteiger partial charge in [0.1, 0.15) is 0 Å². The predicted octanol–water partition coefficient (Wildman–Crippen LogP) is 15.8. The van der Waals surface area contributed by atoms with Crippen molar-refractivity contribution in [3.05, 3.63) is 60.8 Å². The number of hydrogen-bond acceptors (Lipinski definition) is 6. The van der Waals surface area contributed by atoms with Crippen LogP contribution in [0, 0.1) is 0 Å². The minimum atomic E-state index is -2.95. The van der Waals surface area contributed by atoms with Crippen molar-refractivity contribution in [3.8, 4) is 0 Å². The van der Waals surface area contributed by atoms with Crippen LogP contribution in [0.5, 0.6) is 0 Å². The average Bonchev–Trinajstić information content (AvgIpc) is 3.29. The number of carbonyl (C=O) groups is 3. The summed E-state index contributed by atoms with van der Waals surface area (Å²) in [5.74, 6) is -2.53. The van der Waals surface area contributed by atoms with E-state index in [0.717, 1.165) is 128 Å². The molecule has 6 heteroatoms. The first-order chi connectivity index (χ1) is 30.8. The number of ketones is 3. The van der Waals surface area contributed by atoms with Crippen LogP contribution in [0.1, 0.15) is 265 Å². The minimum Gasteiger partial charge on any atom is -0.393 e. The molecule has 0 aliphatic heterocycles. The van der Waals surface area contributed by atoms with E-state index in [1.54, 1.807) is 0 Å². The largest absolute Gasteiger partial charge is 0.393 e. The fraction of sp³-hybridized carbons (Fsp3) is 0.772. The molecule has 0 aliphatic carbocycles. The van der Waals surface area contributed by atoms with Gasteiger partial charge in [-0.2, -0.15) is 0 Å². The summed E-state index contributed by atoms with van der Waals surface area (Å²) in [6.07, 6.45) is 58.5. The van der Waals surface area contributed by atoms with Gasteiger partial charge in [-0.25, -0.2) is 0 Å². The third-order valence-corrected chi connectivity index (χ3v) is 12.5. The van der Waals surface area contributed by atoms with Gasteiger partial charge in [0.25, 0.3) is 0 Å². The zero-order valence-electron chi connectivity index (χ0n) is 41.4. The summed E-state index contributed by atoms with van der Waals surface area (Å²) in [7, 11) is 0. The monoisotopic (exact) mass is 881 g/mol. The van der Waals surface area contributed by atoms with E-state index in [1.165, 1.54) is 77.0 Å². The molecule has 0 aromatic heterocycles. The van der Waals surface area contributed by atoms with Crippen LogP contribution in [0.3, 0.4) is 0 Å². The molecule has 0 heterocycles. The van der Waals surface area contributed by atoms with Crippen molar-refractivity contribution in [2.75, 3.05) is 6.61 Å². The van der Waals surface area contributed by atoms with Gasteiger partial charge >= 0.3 is 0 Å². The highest BCUT2D eigenvalue weighted by Crippen LogP contribution is 2.32. The molecule has 0 bridgehead atoms. The summed E-state index contributed by atoms with van der Waals surface area (Å²) >= 11 is 0. The molecule has 0 aromatic carbocycles. The van der Waals surface area contributed by atoms with Gasteiger partial charge in [0.05, 0.1) is 6.61 Å². The Morgan fingerprint density at radius 1 is 0.333 bits per heavy atom.